The number of hydrogen-bond acceptors (Lipinski definition) is 9. The number of pyridine rings is 1. The van der Waals surface area contributed by atoms with Gasteiger partial charge in [-0.3, -0.25) is 4.99 Å². The summed E-state index contributed by atoms with van der Waals surface area (Å²) in [5.74, 6) is 2.19. The molecule has 0 atom stereocenters. The number of rotatable bonds is 6. The number of ether oxygens (including phenoxy) is 1. The molecule has 0 saturated heterocycles. The minimum Gasteiger partial charge on any atom is -0.477 e. The molecule has 1 saturated carbocycles. The molecule has 2 N–H and O–H groups in total. The Labute approximate surface area is 177 Å². The number of aromatic nitrogens is 3. The topological polar surface area (TPSA) is 84.3 Å². The van der Waals surface area contributed by atoms with Crippen molar-refractivity contribution in [2.45, 2.75) is 25.7 Å². The van der Waals surface area contributed by atoms with Gasteiger partial charge in [0.15, 0.2) is 11.1 Å². The Kier molecular flexibility index (Phi) is 5.40. The van der Waals surface area contributed by atoms with Gasteiger partial charge in [-0.05, 0) is 31.2 Å². The van der Waals surface area contributed by atoms with E-state index in [1.807, 2.05) is 29.1 Å². The van der Waals surface area contributed by atoms with Crippen LogP contribution in [0.1, 0.15) is 25.7 Å². The first-order valence-corrected chi connectivity index (χ1v) is 11.7. The maximum Gasteiger partial charge on any atom is 0.213 e. The molecule has 3 aromatic rings. The van der Waals surface area contributed by atoms with E-state index < -0.39 is 0 Å². The fraction of sp³-hybridized carbons (Fsp3) is 0.400. The predicted molar refractivity (Wildman–Crippen MR) is 118 cm³/mol. The summed E-state index contributed by atoms with van der Waals surface area (Å²) in [6, 6.07) is 3.95. The van der Waals surface area contributed by atoms with Crippen LogP contribution in [0.15, 0.2) is 34.1 Å². The van der Waals surface area contributed by atoms with Crippen molar-refractivity contribution in [2.75, 3.05) is 25.0 Å². The van der Waals surface area contributed by atoms with E-state index in [0.29, 0.717) is 11.8 Å². The number of guanidine groups is 1. The maximum atomic E-state index is 5.78. The smallest absolute Gasteiger partial charge is 0.213 e. The lowest BCUT2D eigenvalue weighted by Crippen LogP contribution is -2.35. The van der Waals surface area contributed by atoms with Crippen LogP contribution >= 0.6 is 22.7 Å². The summed E-state index contributed by atoms with van der Waals surface area (Å²) in [5.41, 5.74) is 2.73. The Bertz CT molecular complexity index is 993. The Morgan fingerprint density at radius 1 is 1.10 bits per heavy atom. The molecule has 5 rings (SSSR count). The molecule has 0 bridgehead atoms. The van der Waals surface area contributed by atoms with Crippen molar-refractivity contribution in [3.05, 3.63) is 29.1 Å². The Morgan fingerprint density at radius 2 is 2.00 bits per heavy atom. The summed E-state index contributed by atoms with van der Waals surface area (Å²) in [6.07, 6.45) is 6.78. The molecular weight excluding hydrogens is 404 g/mol. The van der Waals surface area contributed by atoms with Crippen LogP contribution in [0.5, 0.6) is 5.88 Å². The number of aliphatic imine (C=N–C) groups is 1. The van der Waals surface area contributed by atoms with Crippen molar-refractivity contribution in [2.24, 2.45) is 10.9 Å². The normalized spacial score (nSPS) is 16.6. The monoisotopic (exact) mass is 426 g/mol. The lowest BCUT2D eigenvalue weighted by atomic mass is 9.86. The molecule has 0 radical (unpaired) electrons. The van der Waals surface area contributed by atoms with E-state index in [2.05, 4.69) is 25.6 Å². The van der Waals surface area contributed by atoms with Crippen molar-refractivity contribution < 1.29 is 4.74 Å². The highest BCUT2D eigenvalue weighted by atomic mass is 32.1. The summed E-state index contributed by atoms with van der Waals surface area (Å²) >= 11 is 3.15. The standard InChI is InChI=1S/C20H22N6OS2/c1-3-13(4-1)10-27-17-6-5-14(9-23-17)18-24-15(11-28-18)16-12-29-20(25-16)26-19-21-7-2-8-22-19/h5-6,9,11-13H,1-4,7-8,10H2,(H2,21,22,25,26). The molecular formula is C20H22N6OS2. The van der Waals surface area contributed by atoms with Crippen LogP contribution in [0, 0.1) is 5.92 Å². The van der Waals surface area contributed by atoms with E-state index in [4.69, 9.17) is 9.72 Å². The second-order valence-corrected chi connectivity index (χ2v) is 8.92. The molecule has 1 aliphatic carbocycles. The lowest BCUT2D eigenvalue weighted by Gasteiger charge is -2.24. The average Bonchev–Trinajstić information content (AvgIpc) is 3.38. The molecule has 3 aromatic heterocycles. The zero-order valence-electron chi connectivity index (χ0n) is 15.9. The van der Waals surface area contributed by atoms with Crippen molar-refractivity contribution >= 4 is 33.8 Å². The third-order valence-corrected chi connectivity index (χ3v) is 6.72. The molecule has 150 valence electrons. The van der Waals surface area contributed by atoms with E-state index in [-0.39, 0.29) is 0 Å². The van der Waals surface area contributed by atoms with Gasteiger partial charge < -0.3 is 15.4 Å². The van der Waals surface area contributed by atoms with Gasteiger partial charge in [-0.1, -0.05) is 6.42 Å². The number of thiazole rings is 2. The second-order valence-electron chi connectivity index (χ2n) is 7.20. The first kappa shape index (κ1) is 18.5. The first-order chi connectivity index (χ1) is 14.3. The predicted octanol–water partition coefficient (Wildman–Crippen LogP) is 4.27. The highest BCUT2D eigenvalue weighted by molar-refractivity contribution is 7.14. The number of nitrogens with zero attached hydrogens (tertiary/aromatic N) is 4. The van der Waals surface area contributed by atoms with Crippen molar-refractivity contribution in [3.63, 3.8) is 0 Å². The van der Waals surface area contributed by atoms with Crippen molar-refractivity contribution in [1.82, 2.24) is 20.3 Å². The van der Waals surface area contributed by atoms with Crippen LogP contribution in [-0.2, 0) is 0 Å². The van der Waals surface area contributed by atoms with Crippen molar-refractivity contribution in [1.29, 1.82) is 0 Å². The maximum absolute atomic E-state index is 5.78. The second kappa shape index (κ2) is 8.46. The third kappa shape index (κ3) is 4.40. The van der Waals surface area contributed by atoms with Crippen LogP contribution in [0.4, 0.5) is 5.13 Å². The van der Waals surface area contributed by atoms with Crippen LogP contribution < -0.4 is 15.4 Å². The van der Waals surface area contributed by atoms with E-state index >= 15 is 0 Å². The van der Waals surface area contributed by atoms with Gasteiger partial charge in [-0.2, -0.15) is 0 Å². The Hall–Kier alpha value is -2.52. The molecule has 4 heterocycles. The molecule has 29 heavy (non-hydrogen) atoms. The summed E-state index contributed by atoms with van der Waals surface area (Å²) in [4.78, 5) is 18.2. The molecule has 2 aliphatic rings. The van der Waals surface area contributed by atoms with Crippen LogP contribution in [0.2, 0.25) is 0 Å². The largest absolute Gasteiger partial charge is 0.477 e. The van der Waals surface area contributed by atoms with Gasteiger partial charge in [0.25, 0.3) is 0 Å². The van der Waals surface area contributed by atoms with Gasteiger partial charge in [0, 0.05) is 41.7 Å². The number of hydrogen-bond donors (Lipinski definition) is 2. The zero-order chi connectivity index (χ0) is 19.5. The Morgan fingerprint density at radius 3 is 2.76 bits per heavy atom. The Balaban J connectivity index is 1.24. The van der Waals surface area contributed by atoms with Crippen LogP contribution in [-0.4, -0.2) is 40.6 Å². The average molecular weight is 427 g/mol. The summed E-state index contributed by atoms with van der Waals surface area (Å²) in [5, 5.41) is 12.3. The molecule has 0 amide bonds. The summed E-state index contributed by atoms with van der Waals surface area (Å²) < 4.78 is 5.78. The quantitative estimate of drug-likeness (QED) is 0.612. The van der Waals surface area contributed by atoms with Gasteiger partial charge >= 0.3 is 0 Å². The molecule has 9 heteroatoms. The van der Waals surface area contributed by atoms with Crippen molar-refractivity contribution in [3.8, 4) is 27.8 Å². The molecule has 1 aliphatic heterocycles. The van der Waals surface area contributed by atoms with Gasteiger partial charge in [0.1, 0.15) is 16.4 Å². The van der Waals surface area contributed by atoms with Gasteiger partial charge in [-0.25, -0.2) is 15.0 Å². The minimum absolute atomic E-state index is 0.687. The van der Waals surface area contributed by atoms with Gasteiger partial charge in [0.05, 0.1) is 6.61 Å². The fourth-order valence-electron chi connectivity index (χ4n) is 3.15. The molecule has 1 fully saturated rings. The highest BCUT2D eigenvalue weighted by Crippen LogP contribution is 2.31. The third-order valence-electron chi connectivity index (χ3n) is 5.07. The first-order valence-electron chi connectivity index (χ1n) is 9.89. The van der Waals surface area contributed by atoms with Crippen LogP contribution in [0.3, 0.4) is 0 Å². The number of nitrogens with one attached hydrogen (secondary N) is 2. The molecule has 7 nitrogen and oxygen atoms in total. The SMILES string of the molecule is c1cc(OCC2CCC2)ncc1-c1nc(-c2csc(NC3=NCCCN3)n2)cs1. The molecule has 0 unspecified atom stereocenters. The summed E-state index contributed by atoms with van der Waals surface area (Å²) in [7, 11) is 0. The lowest BCUT2D eigenvalue weighted by molar-refractivity contribution is 0.175. The van der Waals surface area contributed by atoms with E-state index in [1.165, 1.54) is 19.3 Å². The van der Waals surface area contributed by atoms with E-state index in [1.54, 1.807) is 22.7 Å². The summed E-state index contributed by atoms with van der Waals surface area (Å²) in [6.45, 7) is 2.56. The molecule has 0 spiro atoms. The highest BCUT2D eigenvalue weighted by Gasteiger charge is 2.18. The van der Waals surface area contributed by atoms with Gasteiger partial charge in [0.2, 0.25) is 5.88 Å². The van der Waals surface area contributed by atoms with Gasteiger partial charge in [-0.15, -0.1) is 22.7 Å². The minimum atomic E-state index is 0.687. The molecule has 0 aromatic carbocycles. The number of anilines is 1. The van der Waals surface area contributed by atoms with E-state index in [9.17, 15) is 0 Å². The van der Waals surface area contributed by atoms with Crippen LogP contribution in [0.25, 0.3) is 22.0 Å². The fourth-order valence-corrected chi connectivity index (χ4v) is 4.65. The zero-order valence-corrected chi connectivity index (χ0v) is 17.6. The van der Waals surface area contributed by atoms with E-state index in [0.717, 1.165) is 59.2 Å².